The van der Waals surface area contributed by atoms with Gasteiger partial charge >= 0.3 is 0 Å². The van der Waals surface area contributed by atoms with Crippen molar-refractivity contribution in [2.24, 2.45) is 17.8 Å². The van der Waals surface area contributed by atoms with E-state index in [9.17, 15) is 0 Å². The summed E-state index contributed by atoms with van der Waals surface area (Å²) in [6.45, 7) is 5.38. The van der Waals surface area contributed by atoms with E-state index in [1.807, 2.05) is 0 Å². The first kappa shape index (κ1) is 11.2. The second kappa shape index (κ2) is 4.69. The molecule has 3 heteroatoms. The Bertz CT molecular complexity index is 240. The van der Waals surface area contributed by atoms with Crippen molar-refractivity contribution in [3.05, 3.63) is 0 Å². The van der Waals surface area contributed by atoms with E-state index in [4.69, 9.17) is 12.2 Å². The van der Waals surface area contributed by atoms with E-state index >= 15 is 0 Å². The molecule has 2 bridgehead atoms. The van der Waals surface area contributed by atoms with Crippen LogP contribution in [0.2, 0.25) is 0 Å². The molecule has 2 rings (SSSR count). The summed E-state index contributed by atoms with van der Waals surface area (Å²) in [4.78, 5) is 0. The van der Waals surface area contributed by atoms with Gasteiger partial charge in [0, 0.05) is 12.6 Å². The van der Waals surface area contributed by atoms with Crippen LogP contribution in [0.5, 0.6) is 0 Å². The molecule has 0 amide bonds. The fraction of sp³-hybridized carbons (Fsp3) is 0.917. The average molecular weight is 226 g/mol. The maximum atomic E-state index is 5.30. The summed E-state index contributed by atoms with van der Waals surface area (Å²) in [5.74, 6) is 2.54. The summed E-state index contributed by atoms with van der Waals surface area (Å²) < 4.78 is 0. The van der Waals surface area contributed by atoms with E-state index in [0.29, 0.717) is 12.0 Å². The molecule has 0 heterocycles. The standard InChI is InChI=1S/C12H22N2S/c1-8(2)7-13-12(15)14-11-6-9-3-4-10(11)5-9/h8-11H,3-7H2,1-2H3,(H2,13,14,15)/t9-,10+,11+/m0/s1. The monoisotopic (exact) mass is 226 g/mol. The van der Waals surface area contributed by atoms with Gasteiger partial charge in [-0.1, -0.05) is 20.3 Å². The van der Waals surface area contributed by atoms with Crippen molar-refractivity contribution in [2.45, 2.75) is 45.6 Å². The van der Waals surface area contributed by atoms with Gasteiger partial charge in [-0.25, -0.2) is 0 Å². The minimum Gasteiger partial charge on any atom is -0.362 e. The van der Waals surface area contributed by atoms with E-state index < -0.39 is 0 Å². The number of fused-ring (bicyclic) bond motifs is 2. The SMILES string of the molecule is CC(C)CNC(=S)N[C@@H]1C[C@H]2CC[C@@H]1C2. The van der Waals surface area contributed by atoms with Gasteiger partial charge in [-0.2, -0.15) is 0 Å². The predicted molar refractivity (Wildman–Crippen MR) is 67.8 cm³/mol. The molecule has 2 saturated carbocycles. The van der Waals surface area contributed by atoms with Crippen LogP contribution in [0.1, 0.15) is 39.5 Å². The summed E-state index contributed by atoms with van der Waals surface area (Å²) >= 11 is 5.30. The minimum atomic E-state index is 0.657. The molecule has 0 aromatic carbocycles. The van der Waals surface area contributed by atoms with Crippen LogP contribution >= 0.6 is 12.2 Å². The zero-order valence-corrected chi connectivity index (χ0v) is 10.6. The molecule has 0 radical (unpaired) electrons. The molecule has 0 aliphatic heterocycles. The molecule has 15 heavy (non-hydrogen) atoms. The summed E-state index contributed by atoms with van der Waals surface area (Å²) in [6, 6.07) is 0.663. The van der Waals surface area contributed by atoms with E-state index in [1.165, 1.54) is 25.7 Å². The van der Waals surface area contributed by atoms with Gasteiger partial charge in [0.1, 0.15) is 0 Å². The zero-order chi connectivity index (χ0) is 10.8. The van der Waals surface area contributed by atoms with Gasteiger partial charge in [0.05, 0.1) is 0 Å². The van der Waals surface area contributed by atoms with Gasteiger partial charge in [0.15, 0.2) is 5.11 Å². The second-order valence-electron chi connectivity index (χ2n) is 5.53. The van der Waals surface area contributed by atoms with Gasteiger partial charge in [-0.05, 0) is 49.2 Å². The Balaban J connectivity index is 1.71. The van der Waals surface area contributed by atoms with E-state index in [2.05, 4.69) is 24.5 Å². The average Bonchev–Trinajstić information content (AvgIpc) is 2.76. The van der Waals surface area contributed by atoms with Crippen LogP contribution in [0.15, 0.2) is 0 Å². The molecule has 2 aliphatic carbocycles. The molecule has 2 N–H and O–H groups in total. The molecule has 2 aliphatic rings. The zero-order valence-electron chi connectivity index (χ0n) is 9.75. The minimum absolute atomic E-state index is 0.657. The summed E-state index contributed by atoms with van der Waals surface area (Å²) in [6.07, 6.45) is 5.64. The van der Waals surface area contributed by atoms with Crippen molar-refractivity contribution in [1.82, 2.24) is 10.6 Å². The van der Waals surface area contributed by atoms with Crippen molar-refractivity contribution in [3.63, 3.8) is 0 Å². The number of hydrogen-bond acceptors (Lipinski definition) is 1. The Hall–Kier alpha value is -0.310. The topological polar surface area (TPSA) is 24.1 Å². The molecule has 0 saturated heterocycles. The van der Waals surface area contributed by atoms with Crippen LogP contribution in [0.4, 0.5) is 0 Å². The normalized spacial score (nSPS) is 33.4. The lowest BCUT2D eigenvalue weighted by Gasteiger charge is -2.24. The van der Waals surface area contributed by atoms with Crippen molar-refractivity contribution < 1.29 is 0 Å². The third-order valence-corrected chi connectivity index (χ3v) is 3.99. The van der Waals surface area contributed by atoms with Gasteiger partial charge in [-0.15, -0.1) is 0 Å². The fourth-order valence-electron chi connectivity index (χ4n) is 2.94. The molecule has 2 nitrogen and oxygen atoms in total. The fourth-order valence-corrected chi connectivity index (χ4v) is 3.17. The van der Waals surface area contributed by atoms with E-state index in [-0.39, 0.29) is 0 Å². The highest BCUT2D eigenvalue weighted by Gasteiger charge is 2.39. The maximum Gasteiger partial charge on any atom is 0.166 e. The summed E-state index contributed by atoms with van der Waals surface area (Å²) in [7, 11) is 0. The summed E-state index contributed by atoms with van der Waals surface area (Å²) in [5, 5.41) is 7.64. The van der Waals surface area contributed by atoms with E-state index in [1.54, 1.807) is 0 Å². The predicted octanol–water partition coefficient (Wildman–Crippen LogP) is 2.30. The Morgan fingerprint density at radius 3 is 2.67 bits per heavy atom. The van der Waals surface area contributed by atoms with Crippen LogP contribution < -0.4 is 10.6 Å². The van der Waals surface area contributed by atoms with E-state index in [0.717, 1.165) is 23.5 Å². The first-order valence-electron chi connectivity index (χ1n) is 6.19. The molecule has 2 fully saturated rings. The number of thiocarbonyl (C=S) groups is 1. The molecule has 86 valence electrons. The first-order valence-corrected chi connectivity index (χ1v) is 6.60. The number of rotatable bonds is 3. The molecule has 0 spiro atoms. The van der Waals surface area contributed by atoms with Crippen molar-refractivity contribution >= 4 is 17.3 Å². The van der Waals surface area contributed by atoms with Crippen LogP contribution in [0.25, 0.3) is 0 Å². The van der Waals surface area contributed by atoms with Crippen LogP contribution in [0.3, 0.4) is 0 Å². The molecule has 0 unspecified atom stereocenters. The molecular formula is C12H22N2S. The lowest BCUT2D eigenvalue weighted by molar-refractivity contribution is 0.388. The Morgan fingerprint density at radius 1 is 1.33 bits per heavy atom. The van der Waals surface area contributed by atoms with Gasteiger partial charge in [-0.3, -0.25) is 0 Å². The van der Waals surface area contributed by atoms with Gasteiger partial charge in [0.2, 0.25) is 0 Å². The molecular weight excluding hydrogens is 204 g/mol. The molecule has 0 aromatic heterocycles. The lowest BCUT2D eigenvalue weighted by atomic mass is 9.96. The Labute approximate surface area is 98.2 Å². The quantitative estimate of drug-likeness (QED) is 0.722. The highest BCUT2D eigenvalue weighted by molar-refractivity contribution is 7.80. The van der Waals surface area contributed by atoms with Crippen LogP contribution in [0, 0.1) is 17.8 Å². The molecule has 0 aromatic rings. The van der Waals surface area contributed by atoms with Crippen LogP contribution in [-0.2, 0) is 0 Å². The van der Waals surface area contributed by atoms with Crippen molar-refractivity contribution in [1.29, 1.82) is 0 Å². The molecule has 3 atom stereocenters. The van der Waals surface area contributed by atoms with Crippen molar-refractivity contribution in [3.8, 4) is 0 Å². The Morgan fingerprint density at radius 2 is 2.13 bits per heavy atom. The second-order valence-corrected chi connectivity index (χ2v) is 5.94. The smallest absolute Gasteiger partial charge is 0.166 e. The highest BCUT2D eigenvalue weighted by Crippen LogP contribution is 2.44. The van der Waals surface area contributed by atoms with Crippen molar-refractivity contribution in [2.75, 3.05) is 6.54 Å². The largest absolute Gasteiger partial charge is 0.362 e. The highest BCUT2D eigenvalue weighted by atomic mass is 32.1. The van der Waals surface area contributed by atoms with Gasteiger partial charge in [0.25, 0.3) is 0 Å². The lowest BCUT2D eigenvalue weighted by Crippen LogP contribution is -2.45. The first-order chi connectivity index (χ1) is 7.15. The number of hydrogen-bond donors (Lipinski definition) is 2. The van der Waals surface area contributed by atoms with Crippen LogP contribution in [-0.4, -0.2) is 17.7 Å². The number of nitrogens with one attached hydrogen (secondary N) is 2. The maximum absolute atomic E-state index is 5.30. The third-order valence-electron chi connectivity index (χ3n) is 3.73. The van der Waals surface area contributed by atoms with Gasteiger partial charge < -0.3 is 10.6 Å². The Kier molecular flexibility index (Phi) is 3.49. The third kappa shape index (κ3) is 2.83. The summed E-state index contributed by atoms with van der Waals surface area (Å²) in [5.41, 5.74) is 0.